The molecule has 0 aliphatic carbocycles. The molecule has 0 bridgehead atoms. The van der Waals surface area contributed by atoms with Gasteiger partial charge in [0.05, 0.1) is 5.69 Å². The molecule has 0 spiro atoms. The number of hydrogen-bond donors (Lipinski definition) is 1. The van der Waals surface area contributed by atoms with Crippen LogP contribution in [0, 0.1) is 13.8 Å². The molecule has 0 amide bonds. The molecule has 1 aromatic carbocycles. The number of nitrogens with one attached hydrogen (secondary N) is 1. The second-order valence-corrected chi connectivity index (χ2v) is 4.58. The molecule has 104 valence electrons. The van der Waals surface area contributed by atoms with Gasteiger partial charge in [0.1, 0.15) is 12.0 Å². The fourth-order valence-corrected chi connectivity index (χ4v) is 2.29. The first kappa shape index (κ1) is 14.3. The third-order valence-electron chi connectivity index (χ3n) is 3.38. The largest absolute Gasteiger partial charge is 0.343 e. The summed E-state index contributed by atoms with van der Waals surface area (Å²) in [6.07, 6.45) is 2.48. The van der Waals surface area contributed by atoms with E-state index in [0.29, 0.717) is 0 Å². The first-order valence-corrected chi connectivity index (χ1v) is 7.08. The van der Waals surface area contributed by atoms with Crippen LogP contribution in [0.4, 0.5) is 0 Å². The minimum atomic E-state index is 0.845. The summed E-state index contributed by atoms with van der Waals surface area (Å²) in [6.45, 7) is 8.19. The van der Waals surface area contributed by atoms with Crippen molar-refractivity contribution in [1.29, 1.82) is 0 Å². The second-order valence-electron chi connectivity index (χ2n) is 4.58. The van der Waals surface area contributed by atoms with Gasteiger partial charge in [-0.05, 0) is 25.0 Å². The second kappa shape index (κ2) is 6.33. The molecule has 1 N–H and O–H groups in total. The van der Waals surface area contributed by atoms with Crippen LogP contribution in [0.2, 0.25) is 0 Å². The standard InChI is InChI=1S/C15H15N3.C2H6/c1-10-11(2)18-15-14(10)13(16-9-17-15)8-12-6-4-3-5-7-12;1-2/h3-7,9H,8H2,1-2H3,(H,16,17,18);1-2H3. The van der Waals surface area contributed by atoms with Gasteiger partial charge in [0, 0.05) is 17.5 Å². The maximum atomic E-state index is 4.45. The van der Waals surface area contributed by atoms with Gasteiger partial charge in [0.15, 0.2) is 0 Å². The smallest absolute Gasteiger partial charge is 0.141 e. The van der Waals surface area contributed by atoms with Crippen LogP contribution in [0.5, 0.6) is 0 Å². The lowest BCUT2D eigenvalue weighted by atomic mass is 10.1. The van der Waals surface area contributed by atoms with E-state index in [4.69, 9.17) is 0 Å². The van der Waals surface area contributed by atoms with Crippen molar-refractivity contribution in [3.63, 3.8) is 0 Å². The molecule has 0 saturated carbocycles. The number of aromatic amines is 1. The van der Waals surface area contributed by atoms with Crippen molar-refractivity contribution in [2.24, 2.45) is 0 Å². The highest BCUT2D eigenvalue weighted by Crippen LogP contribution is 2.23. The van der Waals surface area contributed by atoms with Gasteiger partial charge in [-0.15, -0.1) is 0 Å². The van der Waals surface area contributed by atoms with Gasteiger partial charge in [-0.3, -0.25) is 0 Å². The quantitative estimate of drug-likeness (QED) is 0.756. The summed E-state index contributed by atoms with van der Waals surface area (Å²) >= 11 is 0. The minimum Gasteiger partial charge on any atom is -0.343 e. The normalized spacial score (nSPS) is 10.2. The lowest BCUT2D eigenvalue weighted by Crippen LogP contribution is -1.95. The summed E-state index contributed by atoms with van der Waals surface area (Å²) in [5.74, 6) is 0. The Hall–Kier alpha value is -2.16. The molecule has 0 fully saturated rings. The number of hydrogen-bond acceptors (Lipinski definition) is 2. The summed E-state index contributed by atoms with van der Waals surface area (Å²) < 4.78 is 0. The Morgan fingerprint density at radius 1 is 1.00 bits per heavy atom. The Morgan fingerprint density at radius 3 is 2.40 bits per heavy atom. The van der Waals surface area contributed by atoms with Gasteiger partial charge in [-0.1, -0.05) is 44.2 Å². The number of fused-ring (bicyclic) bond motifs is 1. The fourth-order valence-electron chi connectivity index (χ4n) is 2.29. The fraction of sp³-hybridized carbons (Fsp3) is 0.294. The summed E-state index contributed by atoms with van der Waals surface area (Å²) in [5, 5.41) is 1.17. The molecule has 3 rings (SSSR count). The van der Waals surface area contributed by atoms with E-state index in [0.717, 1.165) is 17.8 Å². The third kappa shape index (κ3) is 2.72. The molecular weight excluding hydrogens is 246 g/mol. The molecule has 0 radical (unpaired) electrons. The van der Waals surface area contributed by atoms with E-state index in [2.05, 4.69) is 53.1 Å². The Kier molecular flexibility index (Phi) is 4.51. The number of aromatic nitrogens is 3. The monoisotopic (exact) mass is 267 g/mol. The number of H-pyrrole nitrogens is 1. The Labute approximate surface area is 120 Å². The van der Waals surface area contributed by atoms with Gasteiger partial charge in [-0.25, -0.2) is 9.97 Å². The molecule has 3 nitrogen and oxygen atoms in total. The van der Waals surface area contributed by atoms with Gasteiger partial charge in [0.2, 0.25) is 0 Å². The number of rotatable bonds is 2. The van der Waals surface area contributed by atoms with Gasteiger partial charge < -0.3 is 4.98 Å². The van der Waals surface area contributed by atoms with Crippen LogP contribution in [0.25, 0.3) is 11.0 Å². The molecular formula is C17H21N3. The lowest BCUT2D eigenvalue weighted by molar-refractivity contribution is 1.06. The highest BCUT2D eigenvalue weighted by atomic mass is 14.9. The van der Waals surface area contributed by atoms with Crippen molar-refractivity contribution in [2.75, 3.05) is 0 Å². The highest BCUT2D eigenvalue weighted by Gasteiger charge is 2.11. The maximum Gasteiger partial charge on any atom is 0.141 e. The van der Waals surface area contributed by atoms with E-state index < -0.39 is 0 Å². The molecule has 3 aromatic rings. The van der Waals surface area contributed by atoms with Gasteiger partial charge in [-0.2, -0.15) is 0 Å². The maximum absolute atomic E-state index is 4.45. The van der Waals surface area contributed by atoms with Crippen LogP contribution < -0.4 is 0 Å². The van der Waals surface area contributed by atoms with E-state index in [1.54, 1.807) is 6.33 Å². The summed E-state index contributed by atoms with van der Waals surface area (Å²) in [7, 11) is 0. The minimum absolute atomic E-state index is 0.845. The molecule has 0 saturated heterocycles. The first-order valence-electron chi connectivity index (χ1n) is 7.08. The van der Waals surface area contributed by atoms with Crippen molar-refractivity contribution in [3.8, 4) is 0 Å². The van der Waals surface area contributed by atoms with E-state index in [9.17, 15) is 0 Å². The Morgan fingerprint density at radius 2 is 1.70 bits per heavy atom. The predicted octanol–water partition coefficient (Wildman–Crippen LogP) is 4.19. The van der Waals surface area contributed by atoms with Crippen LogP contribution in [-0.2, 0) is 6.42 Å². The Balaban J connectivity index is 0.000000704. The molecule has 0 atom stereocenters. The van der Waals surface area contributed by atoms with Crippen molar-refractivity contribution in [1.82, 2.24) is 15.0 Å². The van der Waals surface area contributed by atoms with Crippen LogP contribution in [-0.4, -0.2) is 15.0 Å². The first-order chi connectivity index (χ1) is 9.75. The average molecular weight is 267 g/mol. The highest BCUT2D eigenvalue weighted by molar-refractivity contribution is 5.83. The molecule has 2 heterocycles. The van der Waals surface area contributed by atoms with E-state index in [1.807, 2.05) is 19.9 Å². The average Bonchev–Trinajstić information content (AvgIpc) is 2.78. The molecule has 0 aliphatic heterocycles. The lowest BCUT2D eigenvalue weighted by Gasteiger charge is -2.03. The molecule has 0 aliphatic rings. The topological polar surface area (TPSA) is 41.6 Å². The van der Waals surface area contributed by atoms with E-state index >= 15 is 0 Å². The number of nitrogens with zero attached hydrogens (tertiary/aromatic N) is 2. The van der Waals surface area contributed by atoms with Crippen LogP contribution in [0.15, 0.2) is 36.7 Å². The zero-order chi connectivity index (χ0) is 14.5. The van der Waals surface area contributed by atoms with Crippen molar-refractivity contribution < 1.29 is 0 Å². The van der Waals surface area contributed by atoms with Gasteiger partial charge >= 0.3 is 0 Å². The third-order valence-corrected chi connectivity index (χ3v) is 3.38. The summed E-state index contributed by atoms with van der Waals surface area (Å²) in [4.78, 5) is 12.0. The molecule has 0 unspecified atom stereocenters. The van der Waals surface area contributed by atoms with Crippen LogP contribution >= 0.6 is 0 Å². The number of benzene rings is 1. The SMILES string of the molecule is CC.Cc1[nH]c2ncnc(Cc3ccccc3)c2c1C. The summed E-state index contributed by atoms with van der Waals surface area (Å²) in [6, 6.07) is 10.4. The zero-order valence-electron chi connectivity index (χ0n) is 12.6. The van der Waals surface area contributed by atoms with Crippen molar-refractivity contribution in [2.45, 2.75) is 34.1 Å². The summed E-state index contributed by atoms with van der Waals surface area (Å²) in [5.41, 5.74) is 5.71. The zero-order valence-corrected chi connectivity index (χ0v) is 12.6. The van der Waals surface area contributed by atoms with E-state index in [1.165, 1.54) is 22.2 Å². The Bertz CT molecular complexity index is 684. The van der Waals surface area contributed by atoms with Crippen molar-refractivity contribution in [3.05, 3.63) is 59.2 Å². The molecule has 2 aromatic heterocycles. The number of aryl methyl sites for hydroxylation is 2. The predicted molar refractivity (Wildman–Crippen MR) is 84.0 cm³/mol. The van der Waals surface area contributed by atoms with Crippen molar-refractivity contribution >= 4 is 11.0 Å². The van der Waals surface area contributed by atoms with Gasteiger partial charge in [0.25, 0.3) is 0 Å². The van der Waals surface area contributed by atoms with E-state index in [-0.39, 0.29) is 0 Å². The van der Waals surface area contributed by atoms with Crippen LogP contribution in [0.1, 0.15) is 36.4 Å². The van der Waals surface area contributed by atoms with Crippen LogP contribution in [0.3, 0.4) is 0 Å². The molecule has 3 heteroatoms. The molecule has 20 heavy (non-hydrogen) atoms.